The van der Waals surface area contributed by atoms with Gasteiger partial charge in [-0.3, -0.25) is 0 Å². The molecule has 1 saturated heterocycles. The molecule has 0 radical (unpaired) electrons. The first-order valence-electron chi connectivity index (χ1n) is 8.29. The second kappa shape index (κ2) is 7.51. The van der Waals surface area contributed by atoms with Crippen molar-refractivity contribution in [1.82, 2.24) is 15.8 Å². The molecule has 3 rings (SSSR count). The van der Waals surface area contributed by atoms with Crippen molar-refractivity contribution in [2.24, 2.45) is 0 Å². The van der Waals surface area contributed by atoms with E-state index in [1.165, 1.54) is 25.5 Å². The minimum Gasteiger partial charge on any atom is -0.490 e. The van der Waals surface area contributed by atoms with E-state index in [9.17, 15) is 4.39 Å². The summed E-state index contributed by atoms with van der Waals surface area (Å²) in [5.74, 6) is -0.00238. The third-order valence-electron chi connectivity index (χ3n) is 4.43. The summed E-state index contributed by atoms with van der Waals surface area (Å²) in [6.07, 6.45) is 9.03. The lowest BCUT2D eigenvalue weighted by atomic mass is 10.1. The fraction of sp³-hybridized carbons (Fsp3) is 0.444. The summed E-state index contributed by atoms with van der Waals surface area (Å²) < 4.78 is 19.8. The van der Waals surface area contributed by atoms with E-state index in [4.69, 9.17) is 4.74 Å². The Bertz CT molecular complexity index is 600. The Morgan fingerprint density at radius 2 is 2.30 bits per heavy atom. The number of rotatable bonds is 6. The van der Waals surface area contributed by atoms with Crippen molar-refractivity contribution < 1.29 is 9.13 Å². The zero-order chi connectivity index (χ0) is 16.1. The van der Waals surface area contributed by atoms with Gasteiger partial charge in [0.2, 0.25) is 0 Å². The van der Waals surface area contributed by atoms with E-state index in [0.717, 1.165) is 24.2 Å². The number of hydrogen-bond donors (Lipinski definition) is 2. The van der Waals surface area contributed by atoms with Gasteiger partial charge in [0.05, 0.1) is 12.3 Å². The maximum absolute atomic E-state index is 14.2. The minimum atomic E-state index is -0.325. The second-order valence-corrected chi connectivity index (χ2v) is 6.08. The zero-order valence-electron chi connectivity index (χ0n) is 13.5. The summed E-state index contributed by atoms with van der Waals surface area (Å²) >= 11 is 0. The van der Waals surface area contributed by atoms with E-state index < -0.39 is 0 Å². The van der Waals surface area contributed by atoms with E-state index in [2.05, 4.69) is 22.7 Å². The number of nitrogens with one attached hydrogen (secondary N) is 2. The summed E-state index contributed by atoms with van der Waals surface area (Å²) in [4.78, 5) is 2.48. The summed E-state index contributed by atoms with van der Waals surface area (Å²) in [7, 11) is 0. The number of benzene rings is 1. The van der Waals surface area contributed by atoms with Crippen molar-refractivity contribution in [3.8, 4) is 5.75 Å². The van der Waals surface area contributed by atoms with Gasteiger partial charge in [0.1, 0.15) is 0 Å². The Balaban J connectivity index is 1.50. The van der Waals surface area contributed by atoms with Crippen molar-refractivity contribution in [2.45, 2.75) is 32.2 Å². The molecule has 0 aromatic heterocycles. The SMILES string of the molecule is C[C@@H]1CCCN1CCCOc1ccc(C2=CC=CNN2)cc1F. The molecule has 5 heteroatoms. The number of allylic oxidation sites excluding steroid dienone is 2. The first kappa shape index (κ1) is 15.9. The quantitative estimate of drug-likeness (QED) is 0.791. The molecule has 2 aliphatic heterocycles. The van der Waals surface area contributed by atoms with Crippen molar-refractivity contribution in [3.63, 3.8) is 0 Å². The molecule has 1 aromatic carbocycles. The second-order valence-electron chi connectivity index (χ2n) is 6.08. The summed E-state index contributed by atoms with van der Waals surface area (Å²) in [5, 5.41) is 0. The number of halogens is 1. The van der Waals surface area contributed by atoms with Crippen LogP contribution in [0.15, 0.2) is 36.6 Å². The highest BCUT2D eigenvalue weighted by Crippen LogP contribution is 2.22. The van der Waals surface area contributed by atoms with Crippen molar-refractivity contribution >= 4 is 5.70 Å². The molecule has 0 saturated carbocycles. The van der Waals surface area contributed by atoms with Crippen LogP contribution in [-0.4, -0.2) is 30.6 Å². The molecule has 23 heavy (non-hydrogen) atoms. The molecule has 0 bridgehead atoms. The molecule has 1 fully saturated rings. The average Bonchev–Trinajstić information content (AvgIpc) is 2.98. The molecule has 0 unspecified atom stereocenters. The van der Waals surface area contributed by atoms with E-state index in [-0.39, 0.29) is 5.82 Å². The van der Waals surface area contributed by atoms with Crippen molar-refractivity contribution in [2.75, 3.05) is 19.7 Å². The highest BCUT2D eigenvalue weighted by molar-refractivity contribution is 5.66. The molecule has 1 atom stereocenters. The maximum Gasteiger partial charge on any atom is 0.165 e. The molecule has 0 spiro atoms. The molecule has 2 N–H and O–H groups in total. The number of nitrogens with zero attached hydrogens (tertiary/aromatic N) is 1. The van der Waals surface area contributed by atoms with E-state index >= 15 is 0 Å². The lowest BCUT2D eigenvalue weighted by Gasteiger charge is -2.20. The molecular formula is C18H24FN3O. The molecular weight excluding hydrogens is 293 g/mol. The van der Waals surface area contributed by atoms with Crippen LogP contribution in [0.4, 0.5) is 4.39 Å². The van der Waals surface area contributed by atoms with Gasteiger partial charge < -0.3 is 20.5 Å². The van der Waals surface area contributed by atoms with Crippen molar-refractivity contribution in [3.05, 3.63) is 47.9 Å². The fourth-order valence-electron chi connectivity index (χ4n) is 3.08. The molecule has 124 valence electrons. The third kappa shape index (κ3) is 4.05. The van der Waals surface area contributed by atoms with Crippen LogP contribution in [0.5, 0.6) is 5.75 Å². The predicted molar refractivity (Wildman–Crippen MR) is 90.2 cm³/mol. The third-order valence-corrected chi connectivity index (χ3v) is 4.43. The number of likely N-dealkylation sites (tertiary alicyclic amines) is 1. The van der Waals surface area contributed by atoms with Gasteiger partial charge in [0.15, 0.2) is 11.6 Å². The molecule has 1 aromatic rings. The number of hydrazine groups is 1. The van der Waals surface area contributed by atoms with Gasteiger partial charge in [0, 0.05) is 24.4 Å². The van der Waals surface area contributed by atoms with Crippen LogP contribution in [-0.2, 0) is 0 Å². The highest BCUT2D eigenvalue weighted by Gasteiger charge is 2.19. The fourth-order valence-corrected chi connectivity index (χ4v) is 3.08. The summed E-state index contributed by atoms with van der Waals surface area (Å²) in [5.41, 5.74) is 7.49. The lowest BCUT2D eigenvalue weighted by molar-refractivity contribution is 0.226. The smallest absolute Gasteiger partial charge is 0.165 e. The zero-order valence-corrected chi connectivity index (χ0v) is 13.5. The standard InChI is InChI=1S/C18H24FN3O/c1-14-5-3-10-22(14)11-4-12-23-18-8-7-15(13-16(18)19)17-6-2-9-20-21-17/h2,6-9,13-14,20-21H,3-5,10-12H2,1H3/t14-/m1/s1. The van der Waals surface area contributed by atoms with Gasteiger partial charge in [0.25, 0.3) is 0 Å². The molecule has 2 aliphatic rings. The van der Waals surface area contributed by atoms with Crippen LogP contribution in [0.1, 0.15) is 31.7 Å². The Kier molecular flexibility index (Phi) is 5.18. The Morgan fingerprint density at radius 3 is 3.00 bits per heavy atom. The van der Waals surface area contributed by atoms with Crippen LogP contribution in [0.2, 0.25) is 0 Å². The first-order valence-corrected chi connectivity index (χ1v) is 8.29. The minimum absolute atomic E-state index is 0.322. The highest BCUT2D eigenvalue weighted by atomic mass is 19.1. The van der Waals surface area contributed by atoms with Gasteiger partial charge in [-0.1, -0.05) is 0 Å². The van der Waals surface area contributed by atoms with Crippen LogP contribution >= 0.6 is 0 Å². The van der Waals surface area contributed by atoms with Gasteiger partial charge >= 0.3 is 0 Å². The Hall–Kier alpha value is -2.01. The summed E-state index contributed by atoms with van der Waals surface area (Å²) in [6.45, 7) is 5.01. The molecule has 2 heterocycles. The number of hydrogen-bond acceptors (Lipinski definition) is 4. The molecule has 0 amide bonds. The number of ether oxygens (including phenoxy) is 1. The van der Waals surface area contributed by atoms with E-state index in [1.807, 2.05) is 18.2 Å². The van der Waals surface area contributed by atoms with Gasteiger partial charge in [-0.25, -0.2) is 4.39 Å². The molecule has 0 aliphatic carbocycles. The Labute approximate surface area is 137 Å². The van der Waals surface area contributed by atoms with E-state index in [1.54, 1.807) is 12.3 Å². The average molecular weight is 317 g/mol. The van der Waals surface area contributed by atoms with Crippen LogP contribution < -0.4 is 15.6 Å². The first-order chi connectivity index (χ1) is 11.2. The monoisotopic (exact) mass is 317 g/mol. The van der Waals surface area contributed by atoms with Crippen LogP contribution in [0, 0.1) is 5.82 Å². The maximum atomic E-state index is 14.2. The molecule has 4 nitrogen and oxygen atoms in total. The van der Waals surface area contributed by atoms with Crippen LogP contribution in [0.25, 0.3) is 5.70 Å². The van der Waals surface area contributed by atoms with Gasteiger partial charge in [-0.15, -0.1) is 0 Å². The van der Waals surface area contributed by atoms with Crippen molar-refractivity contribution in [1.29, 1.82) is 0 Å². The largest absolute Gasteiger partial charge is 0.490 e. The normalized spacial score (nSPS) is 20.8. The van der Waals surface area contributed by atoms with Gasteiger partial charge in [-0.05, 0) is 63.1 Å². The van der Waals surface area contributed by atoms with Gasteiger partial charge in [-0.2, -0.15) is 0 Å². The van der Waals surface area contributed by atoms with E-state index in [0.29, 0.717) is 18.4 Å². The Morgan fingerprint density at radius 1 is 1.39 bits per heavy atom. The van der Waals surface area contributed by atoms with Crippen LogP contribution in [0.3, 0.4) is 0 Å². The topological polar surface area (TPSA) is 36.5 Å². The lowest BCUT2D eigenvalue weighted by Crippen LogP contribution is -2.28. The summed E-state index contributed by atoms with van der Waals surface area (Å²) in [6, 6.07) is 5.73. The predicted octanol–water partition coefficient (Wildman–Crippen LogP) is 3.04.